The van der Waals surface area contributed by atoms with Gasteiger partial charge in [0.15, 0.2) is 0 Å². The van der Waals surface area contributed by atoms with Crippen LogP contribution in [0.1, 0.15) is 18.9 Å². The normalized spacial score (nSPS) is 23.3. The molecule has 1 unspecified atom stereocenters. The predicted molar refractivity (Wildman–Crippen MR) is 56.1 cm³/mol. The molecule has 0 saturated heterocycles. The number of nitrogens with one attached hydrogen (secondary N) is 1. The maximum absolute atomic E-state index is 11.2. The highest BCUT2D eigenvalue weighted by atomic mass is 16.4. The fourth-order valence-electron chi connectivity index (χ4n) is 1.96. The Morgan fingerprint density at radius 2 is 2.33 bits per heavy atom. The van der Waals surface area contributed by atoms with Crippen LogP contribution in [-0.2, 0) is 11.2 Å². The Hall–Kier alpha value is -1.71. The van der Waals surface area contributed by atoms with Crippen molar-refractivity contribution in [1.82, 2.24) is 0 Å². The third kappa shape index (κ3) is 1.42. The summed E-state index contributed by atoms with van der Waals surface area (Å²) >= 11 is 0. The largest absolute Gasteiger partial charge is 0.508 e. The molecule has 0 aliphatic carbocycles. The molecule has 0 aromatic heterocycles. The molecular weight excluding hydrogens is 194 g/mol. The van der Waals surface area contributed by atoms with Crippen LogP contribution in [0.15, 0.2) is 18.2 Å². The summed E-state index contributed by atoms with van der Waals surface area (Å²) in [5, 5.41) is 21.4. The number of hydrogen-bond acceptors (Lipinski definition) is 3. The van der Waals surface area contributed by atoms with Gasteiger partial charge in [0, 0.05) is 18.2 Å². The van der Waals surface area contributed by atoms with Crippen molar-refractivity contribution in [3.05, 3.63) is 23.8 Å². The molecule has 0 fully saturated rings. The van der Waals surface area contributed by atoms with Gasteiger partial charge in [-0.2, -0.15) is 0 Å². The van der Waals surface area contributed by atoms with Gasteiger partial charge in [-0.15, -0.1) is 0 Å². The average Bonchev–Trinajstić information content (AvgIpc) is 2.56. The first kappa shape index (κ1) is 9.83. The summed E-state index contributed by atoms with van der Waals surface area (Å²) in [7, 11) is 0. The summed E-state index contributed by atoms with van der Waals surface area (Å²) in [5.74, 6) is -0.695. The zero-order valence-electron chi connectivity index (χ0n) is 8.45. The number of phenolic OH excluding ortho intramolecular Hbond substituents is 1. The van der Waals surface area contributed by atoms with Crippen molar-refractivity contribution in [3.8, 4) is 5.75 Å². The van der Waals surface area contributed by atoms with Gasteiger partial charge < -0.3 is 15.5 Å². The second-order valence-electron chi connectivity index (χ2n) is 3.88. The molecule has 15 heavy (non-hydrogen) atoms. The van der Waals surface area contributed by atoms with Gasteiger partial charge in [0.2, 0.25) is 0 Å². The van der Waals surface area contributed by atoms with E-state index in [0.29, 0.717) is 12.8 Å². The Bertz CT molecular complexity index is 416. The van der Waals surface area contributed by atoms with E-state index in [1.54, 1.807) is 18.2 Å². The van der Waals surface area contributed by atoms with E-state index >= 15 is 0 Å². The van der Waals surface area contributed by atoms with Gasteiger partial charge in [-0.1, -0.05) is 13.0 Å². The van der Waals surface area contributed by atoms with Gasteiger partial charge in [-0.25, -0.2) is 4.79 Å². The Balaban J connectivity index is 2.39. The summed E-state index contributed by atoms with van der Waals surface area (Å²) in [6, 6.07) is 4.90. The molecule has 1 aromatic rings. The number of carboxylic acids is 1. The van der Waals surface area contributed by atoms with Crippen LogP contribution in [0.4, 0.5) is 5.69 Å². The summed E-state index contributed by atoms with van der Waals surface area (Å²) in [5.41, 5.74) is 0.757. The maximum Gasteiger partial charge on any atom is 0.329 e. The fraction of sp³-hybridized carbons (Fsp3) is 0.364. The molecule has 0 spiro atoms. The van der Waals surface area contributed by atoms with E-state index in [9.17, 15) is 15.0 Å². The third-order valence-electron chi connectivity index (χ3n) is 2.97. The smallest absolute Gasteiger partial charge is 0.329 e. The number of benzene rings is 1. The zero-order chi connectivity index (χ0) is 11.1. The summed E-state index contributed by atoms with van der Waals surface area (Å²) in [6.07, 6.45) is 0.978. The van der Waals surface area contributed by atoms with Gasteiger partial charge in [0.05, 0.1) is 0 Å². The number of phenols is 1. The fourth-order valence-corrected chi connectivity index (χ4v) is 1.96. The minimum atomic E-state index is -0.907. The molecule has 80 valence electrons. The molecule has 1 aliphatic heterocycles. The second kappa shape index (κ2) is 3.15. The van der Waals surface area contributed by atoms with E-state index in [0.717, 1.165) is 11.3 Å². The molecule has 0 saturated carbocycles. The van der Waals surface area contributed by atoms with Crippen LogP contribution in [0.2, 0.25) is 0 Å². The molecule has 0 bridgehead atoms. The van der Waals surface area contributed by atoms with E-state index in [4.69, 9.17) is 0 Å². The second-order valence-corrected chi connectivity index (χ2v) is 3.88. The molecule has 1 heterocycles. The lowest BCUT2D eigenvalue weighted by atomic mass is 9.92. The zero-order valence-corrected chi connectivity index (χ0v) is 8.45. The first-order chi connectivity index (χ1) is 7.07. The Morgan fingerprint density at radius 1 is 1.60 bits per heavy atom. The lowest BCUT2D eigenvalue weighted by Gasteiger charge is -2.23. The first-order valence-corrected chi connectivity index (χ1v) is 4.91. The molecule has 2 rings (SSSR count). The molecule has 1 atom stereocenters. The van der Waals surface area contributed by atoms with E-state index in [2.05, 4.69) is 5.32 Å². The summed E-state index contributed by atoms with van der Waals surface area (Å²) in [6.45, 7) is 1.84. The molecule has 3 N–H and O–H groups in total. The highest BCUT2D eigenvalue weighted by molar-refractivity contribution is 5.86. The molecule has 4 nitrogen and oxygen atoms in total. The number of aromatic hydroxyl groups is 1. The van der Waals surface area contributed by atoms with Crippen LogP contribution in [0.3, 0.4) is 0 Å². The van der Waals surface area contributed by atoms with Gasteiger partial charge in [-0.3, -0.25) is 0 Å². The van der Waals surface area contributed by atoms with Gasteiger partial charge in [0.1, 0.15) is 11.3 Å². The van der Waals surface area contributed by atoms with Crippen molar-refractivity contribution in [2.75, 3.05) is 5.32 Å². The molecule has 1 aromatic carbocycles. The molecule has 0 radical (unpaired) electrons. The van der Waals surface area contributed by atoms with Crippen LogP contribution in [0.5, 0.6) is 5.75 Å². The van der Waals surface area contributed by atoms with E-state index in [1.165, 1.54) is 0 Å². The van der Waals surface area contributed by atoms with Crippen LogP contribution in [0.25, 0.3) is 0 Å². The number of anilines is 1. The quantitative estimate of drug-likeness (QED) is 0.688. The van der Waals surface area contributed by atoms with Crippen LogP contribution in [-0.4, -0.2) is 21.7 Å². The third-order valence-corrected chi connectivity index (χ3v) is 2.97. The number of carbonyl (C=O) groups is 1. The Kier molecular flexibility index (Phi) is 2.07. The predicted octanol–water partition coefficient (Wildman–Crippen LogP) is 1.59. The highest BCUT2D eigenvalue weighted by Gasteiger charge is 2.42. The minimum Gasteiger partial charge on any atom is -0.508 e. The lowest BCUT2D eigenvalue weighted by molar-refractivity contribution is -0.142. The minimum absolute atomic E-state index is 0.151. The van der Waals surface area contributed by atoms with Crippen molar-refractivity contribution in [1.29, 1.82) is 0 Å². The number of rotatable bonds is 2. The number of hydrogen-bond donors (Lipinski definition) is 3. The summed E-state index contributed by atoms with van der Waals surface area (Å²) in [4.78, 5) is 11.2. The molecule has 0 amide bonds. The van der Waals surface area contributed by atoms with Crippen LogP contribution in [0, 0.1) is 0 Å². The van der Waals surface area contributed by atoms with E-state index < -0.39 is 11.5 Å². The van der Waals surface area contributed by atoms with E-state index in [1.807, 2.05) is 6.92 Å². The van der Waals surface area contributed by atoms with Crippen molar-refractivity contribution in [3.63, 3.8) is 0 Å². The lowest BCUT2D eigenvalue weighted by Crippen LogP contribution is -2.44. The average molecular weight is 207 g/mol. The maximum atomic E-state index is 11.2. The highest BCUT2D eigenvalue weighted by Crippen LogP contribution is 2.36. The first-order valence-electron chi connectivity index (χ1n) is 4.91. The number of fused-ring (bicyclic) bond motifs is 1. The van der Waals surface area contributed by atoms with Gasteiger partial charge in [-0.05, 0) is 18.1 Å². The van der Waals surface area contributed by atoms with Crippen molar-refractivity contribution in [2.45, 2.75) is 25.3 Å². The molecule has 1 aliphatic rings. The van der Waals surface area contributed by atoms with Crippen LogP contribution >= 0.6 is 0 Å². The molecule has 4 heteroatoms. The van der Waals surface area contributed by atoms with Crippen molar-refractivity contribution in [2.24, 2.45) is 0 Å². The van der Waals surface area contributed by atoms with Gasteiger partial charge >= 0.3 is 5.97 Å². The number of carboxylic acid groups (broad SMARTS) is 1. The SMILES string of the molecule is CCC1(C(=O)O)Cc2ccc(O)cc2N1. The Labute approximate surface area is 87.6 Å². The standard InChI is InChI=1S/C11H13NO3/c1-2-11(10(14)15)6-7-3-4-8(13)5-9(7)12-11/h3-5,12-13H,2,6H2,1H3,(H,14,15). The van der Waals surface area contributed by atoms with Crippen LogP contribution < -0.4 is 5.32 Å². The van der Waals surface area contributed by atoms with Crippen molar-refractivity contribution >= 4 is 11.7 Å². The topological polar surface area (TPSA) is 69.6 Å². The van der Waals surface area contributed by atoms with Crippen molar-refractivity contribution < 1.29 is 15.0 Å². The molecular formula is C11H13NO3. The summed E-state index contributed by atoms with van der Waals surface area (Å²) < 4.78 is 0. The van der Waals surface area contributed by atoms with Gasteiger partial charge in [0.25, 0.3) is 0 Å². The van der Waals surface area contributed by atoms with E-state index in [-0.39, 0.29) is 5.75 Å². The monoisotopic (exact) mass is 207 g/mol. The Morgan fingerprint density at radius 3 is 2.93 bits per heavy atom. The number of aliphatic carboxylic acids is 1.